The van der Waals surface area contributed by atoms with Crippen molar-refractivity contribution in [3.63, 3.8) is 0 Å². The Balaban J connectivity index is 2.01. The molecule has 2 aromatic rings. The van der Waals surface area contributed by atoms with Gasteiger partial charge in [-0.25, -0.2) is 8.42 Å². The van der Waals surface area contributed by atoms with Crippen LogP contribution >= 0.6 is 0 Å². The molecule has 0 bridgehead atoms. The molecule has 0 fully saturated rings. The monoisotopic (exact) mass is 374 g/mol. The molecule has 0 aliphatic heterocycles. The zero-order valence-electron chi connectivity index (χ0n) is 15.7. The Labute approximate surface area is 156 Å². The van der Waals surface area contributed by atoms with Gasteiger partial charge in [-0.05, 0) is 42.7 Å². The van der Waals surface area contributed by atoms with E-state index in [0.717, 1.165) is 11.8 Å². The van der Waals surface area contributed by atoms with E-state index in [9.17, 15) is 13.2 Å². The molecule has 0 unspecified atom stereocenters. The van der Waals surface area contributed by atoms with E-state index in [-0.39, 0.29) is 18.9 Å². The minimum absolute atomic E-state index is 0.0763. The van der Waals surface area contributed by atoms with Gasteiger partial charge in [-0.3, -0.25) is 9.10 Å². The normalized spacial score (nSPS) is 11.4. The highest BCUT2D eigenvalue weighted by atomic mass is 32.2. The number of nitrogens with one attached hydrogen (secondary N) is 1. The zero-order valence-corrected chi connectivity index (χ0v) is 16.5. The Bertz CT molecular complexity index is 842. The number of amides is 1. The van der Waals surface area contributed by atoms with Gasteiger partial charge in [0.25, 0.3) is 0 Å². The van der Waals surface area contributed by atoms with Gasteiger partial charge in [0.1, 0.15) is 0 Å². The molecule has 0 radical (unpaired) electrons. The minimum atomic E-state index is -3.46. The summed E-state index contributed by atoms with van der Waals surface area (Å²) in [5, 5.41) is 2.82. The topological polar surface area (TPSA) is 66.5 Å². The fraction of sp³-hybridized carbons (Fsp3) is 0.350. The first kappa shape index (κ1) is 20.0. The summed E-state index contributed by atoms with van der Waals surface area (Å²) < 4.78 is 25.4. The van der Waals surface area contributed by atoms with Crippen molar-refractivity contribution in [2.45, 2.75) is 33.1 Å². The van der Waals surface area contributed by atoms with Gasteiger partial charge < -0.3 is 5.32 Å². The van der Waals surface area contributed by atoms with Crippen molar-refractivity contribution in [2.24, 2.45) is 0 Å². The molecule has 1 amide bonds. The maximum Gasteiger partial charge on any atom is 0.232 e. The first-order chi connectivity index (χ1) is 12.2. The van der Waals surface area contributed by atoms with Gasteiger partial charge in [0.2, 0.25) is 15.9 Å². The molecule has 0 aliphatic carbocycles. The predicted octanol–water partition coefficient (Wildman–Crippen LogP) is 3.91. The Morgan fingerprint density at radius 2 is 1.62 bits per heavy atom. The van der Waals surface area contributed by atoms with Crippen LogP contribution < -0.4 is 9.62 Å². The molecular weight excluding hydrogens is 348 g/mol. The second-order valence-electron chi connectivity index (χ2n) is 6.75. The average Bonchev–Trinajstić information content (AvgIpc) is 2.56. The van der Waals surface area contributed by atoms with Crippen LogP contribution in [0.4, 0.5) is 11.4 Å². The number of benzene rings is 2. The van der Waals surface area contributed by atoms with Crippen molar-refractivity contribution in [3.8, 4) is 0 Å². The number of carbonyl (C=O) groups is 1. The molecule has 0 atom stereocenters. The van der Waals surface area contributed by atoms with Crippen molar-refractivity contribution in [1.82, 2.24) is 0 Å². The molecule has 0 saturated carbocycles. The molecule has 140 valence electrons. The lowest BCUT2D eigenvalue weighted by Gasteiger charge is -2.22. The van der Waals surface area contributed by atoms with Crippen LogP contribution in [0.15, 0.2) is 48.5 Å². The van der Waals surface area contributed by atoms with Gasteiger partial charge in [-0.1, -0.05) is 43.7 Å². The Morgan fingerprint density at radius 3 is 2.12 bits per heavy atom. The smallest absolute Gasteiger partial charge is 0.232 e. The standard InChI is InChI=1S/C20H26N2O3S/c1-15(2)17-7-9-18(10-8-17)21-20(23)13-14-22(26(4,24)25)19-11-5-16(3)6-12-19/h5-12,15H,13-14H2,1-4H3,(H,21,23). The fourth-order valence-electron chi connectivity index (χ4n) is 2.58. The van der Waals surface area contributed by atoms with Crippen molar-refractivity contribution in [3.05, 3.63) is 59.7 Å². The summed E-state index contributed by atoms with van der Waals surface area (Å²) in [6.07, 6.45) is 1.22. The number of hydrogen-bond acceptors (Lipinski definition) is 3. The van der Waals surface area contributed by atoms with Crippen LogP contribution in [0.3, 0.4) is 0 Å². The number of rotatable bonds is 7. The molecule has 6 heteroatoms. The van der Waals surface area contributed by atoms with Crippen LogP contribution in [0.25, 0.3) is 0 Å². The highest BCUT2D eigenvalue weighted by Gasteiger charge is 2.18. The van der Waals surface area contributed by atoms with E-state index in [1.165, 1.54) is 9.87 Å². The number of hydrogen-bond donors (Lipinski definition) is 1. The second-order valence-corrected chi connectivity index (χ2v) is 8.65. The van der Waals surface area contributed by atoms with Gasteiger partial charge in [0, 0.05) is 18.7 Å². The third kappa shape index (κ3) is 5.59. The van der Waals surface area contributed by atoms with Crippen molar-refractivity contribution in [1.29, 1.82) is 0 Å². The van der Waals surface area contributed by atoms with E-state index in [4.69, 9.17) is 0 Å². The lowest BCUT2D eigenvalue weighted by Crippen LogP contribution is -2.33. The number of aryl methyl sites for hydroxylation is 1. The molecule has 0 aliphatic rings. The number of carbonyl (C=O) groups excluding carboxylic acids is 1. The Morgan fingerprint density at radius 1 is 1.04 bits per heavy atom. The molecular formula is C20H26N2O3S. The molecule has 0 aromatic heterocycles. The average molecular weight is 375 g/mol. The van der Waals surface area contributed by atoms with Crippen LogP contribution in [0.5, 0.6) is 0 Å². The molecule has 5 nitrogen and oxygen atoms in total. The highest BCUT2D eigenvalue weighted by Crippen LogP contribution is 2.20. The number of anilines is 2. The summed E-state index contributed by atoms with van der Waals surface area (Å²) in [6.45, 7) is 6.25. The minimum Gasteiger partial charge on any atom is -0.326 e. The summed E-state index contributed by atoms with van der Waals surface area (Å²) in [6, 6.07) is 14.9. The second kappa shape index (κ2) is 8.36. The first-order valence-electron chi connectivity index (χ1n) is 8.61. The van der Waals surface area contributed by atoms with E-state index in [1.54, 1.807) is 12.1 Å². The largest absolute Gasteiger partial charge is 0.326 e. The Kier molecular flexibility index (Phi) is 6.42. The maximum absolute atomic E-state index is 12.2. The summed E-state index contributed by atoms with van der Waals surface area (Å²) in [5.74, 6) is 0.209. The maximum atomic E-state index is 12.2. The molecule has 2 aromatic carbocycles. The number of sulfonamides is 1. The predicted molar refractivity (Wildman–Crippen MR) is 107 cm³/mol. The summed E-state index contributed by atoms with van der Waals surface area (Å²) in [7, 11) is -3.46. The molecule has 0 saturated heterocycles. The SMILES string of the molecule is Cc1ccc(N(CCC(=O)Nc2ccc(C(C)C)cc2)S(C)(=O)=O)cc1. The van der Waals surface area contributed by atoms with Crippen molar-refractivity contribution >= 4 is 27.3 Å². The van der Waals surface area contributed by atoms with Crippen LogP contribution in [0.2, 0.25) is 0 Å². The molecule has 0 spiro atoms. The molecule has 26 heavy (non-hydrogen) atoms. The summed E-state index contributed by atoms with van der Waals surface area (Å²) in [4.78, 5) is 12.2. The van der Waals surface area contributed by atoms with Crippen LogP contribution in [-0.2, 0) is 14.8 Å². The van der Waals surface area contributed by atoms with Gasteiger partial charge in [-0.15, -0.1) is 0 Å². The fourth-order valence-corrected chi connectivity index (χ4v) is 3.50. The molecule has 1 N–H and O–H groups in total. The molecule has 2 rings (SSSR count). The lowest BCUT2D eigenvalue weighted by molar-refractivity contribution is -0.116. The van der Waals surface area contributed by atoms with E-state index in [2.05, 4.69) is 19.2 Å². The third-order valence-electron chi connectivity index (χ3n) is 4.13. The first-order valence-corrected chi connectivity index (χ1v) is 10.5. The van der Waals surface area contributed by atoms with Crippen LogP contribution in [0, 0.1) is 6.92 Å². The summed E-state index contributed by atoms with van der Waals surface area (Å²) in [5.41, 5.74) is 3.52. The van der Waals surface area contributed by atoms with E-state index < -0.39 is 10.0 Å². The highest BCUT2D eigenvalue weighted by molar-refractivity contribution is 7.92. The van der Waals surface area contributed by atoms with Crippen LogP contribution in [0.1, 0.15) is 37.3 Å². The van der Waals surface area contributed by atoms with E-state index in [0.29, 0.717) is 17.3 Å². The van der Waals surface area contributed by atoms with Gasteiger partial charge in [-0.2, -0.15) is 0 Å². The van der Waals surface area contributed by atoms with Crippen molar-refractivity contribution < 1.29 is 13.2 Å². The van der Waals surface area contributed by atoms with Gasteiger partial charge in [0.15, 0.2) is 0 Å². The van der Waals surface area contributed by atoms with Gasteiger partial charge >= 0.3 is 0 Å². The van der Waals surface area contributed by atoms with Gasteiger partial charge in [0.05, 0.1) is 11.9 Å². The summed E-state index contributed by atoms with van der Waals surface area (Å²) >= 11 is 0. The zero-order chi connectivity index (χ0) is 19.3. The van der Waals surface area contributed by atoms with Crippen molar-refractivity contribution in [2.75, 3.05) is 22.4 Å². The molecule has 0 heterocycles. The lowest BCUT2D eigenvalue weighted by atomic mass is 10.0. The third-order valence-corrected chi connectivity index (χ3v) is 5.32. The quantitative estimate of drug-likeness (QED) is 0.799. The Hall–Kier alpha value is -2.34. The van der Waals surface area contributed by atoms with E-state index in [1.807, 2.05) is 43.3 Å². The van der Waals surface area contributed by atoms with Crippen LogP contribution in [-0.4, -0.2) is 27.1 Å². The van der Waals surface area contributed by atoms with E-state index >= 15 is 0 Å². The number of nitrogens with zero attached hydrogens (tertiary/aromatic N) is 1.